The number of carbonyl (C=O) groups excluding carboxylic acids is 1. The molecule has 1 aromatic carbocycles. The highest BCUT2D eigenvalue weighted by molar-refractivity contribution is 5.77. The van der Waals surface area contributed by atoms with Crippen LogP contribution < -0.4 is 0 Å². The maximum Gasteiger partial charge on any atom is 0.223 e. The van der Waals surface area contributed by atoms with Gasteiger partial charge in [-0.25, -0.2) is 0 Å². The van der Waals surface area contributed by atoms with Crippen molar-refractivity contribution in [3.63, 3.8) is 0 Å². The normalized spacial score (nSPS) is 25.9. The SMILES string of the molecule is COCCCC(=O)N1[C@H](C)C[C@H](c2ccccc2)[C@H]1C. The third-order valence-corrected chi connectivity index (χ3v) is 4.35. The number of rotatable bonds is 5. The topological polar surface area (TPSA) is 29.5 Å². The van der Waals surface area contributed by atoms with Gasteiger partial charge in [-0.1, -0.05) is 30.3 Å². The molecule has 1 amide bonds. The van der Waals surface area contributed by atoms with Gasteiger partial charge in [-0.15, -0.1) is 0 Å². The molecule has 1 saturated heterocycles. The maximum absolute atomic E-state index is 12.4. The Labute approximate surface area is 121 Å². The molecule has 1 heterocycles. The van der Waals surface area contributed by atoms with Gasteiger partial charge >= 0.3 is 0 Å². The third-order valence-electron chi connectivity index (χ3n) is 4.35. The van der Waals surface area contributed by atoms with E-state index < -0.39 is 0 Å². The molecule has 20 heavy (non-hydrogen) atoms. The first kappa shape index (κ1) is 15.0. The summed E-state index contributed by atoms with van der Waals surface area (Å²) in [5, 5.41) is 0. The summed E-state index contributed by atoms with van der Waals surface area (Å²) in [5.74, 6) is 0.720. The Morgan fingerprint density at radius 1 is 1.30 bits per heavy atom. The second-order valence-corrected chi connectivity index (χ2v) is 5.74. The van der Waals surface area contributed by atoms with Gasteiger partial charge < -0.3 is 9.64 Å². The van der Waals surface area contributed by atoms with Gasteiger partial charge in [0, 0.05) is 38.1 Å². The first-order valence-electron chi connectivity index (χ1n) is 7.50. The number of likely N-dealkylation sites (tertiary alicyclic amines) is 1. The molecule has 0 saturated carbocycles. The predicted molar refractivity (Wildman–Crippen MR) is 80.7 cm³/mol. The van der Waals surface area contributed by atoms with Crippen molar-refractivity contribution in [2.24, 2.45) is 0 Å². The highest BCUT2D eigenvalue weighted by Crippen LogP contribution is 2.37. The van der Waals surface area contributed by atoms with E-state index in [1.165, 1.54) is 5.56 Å². The number of ether oxygens (including phenoxy) is 1. The first-order chi connectivity index (χ1) is 9.65. The zero-order valence-corrected chi connectivity index (χ0v) is 12.7. The first-order valence-corrected chi connectivity index (χ1v) is 7.50. The van der Waals surface area contributed by atoms with Crippen LogP contribution in [0.1, 0.15) is 44.6 Å². The summed E-state index contributed by atoms with van der Waals surface area (Å²) in [4.78, 5) is 14.5. The summed E-state index contributed by atoms with van der Waals surface area (Å²) >= 11 is 0. The summed E-state index contributed by atoms with van der Waals surface area (Å²) in [6, 6.07) is 11.2. The Morgan fingerprint density at radius 3 is 2.65 bits per heavy atom. The number of carbonyl (C=O) groups is 1. The van der Waals surface area contributed by atoms with Crippen molar-refractivity contribution in [1.29, 1.82) is 0 Å². The van der Waals surface area contributed by atoms with Crippen LogP contribution in [0.4, 0.5) is 0 Å². The van der Waals surface area contributed by atoms with Crippen LogP contribution in [-0.4, -0.2) is 36.6 Å². The van der Waals surface area contributed by atoms with Gasteiger partial charge in [0.1, 0.15) is 0 Å². The van der Waals surface area contributed by atoms with Crippen molar-refractivity contribution < 1.29 is 9.53 Å². The van der Waals surface area contributed by atoms with Crippen LogP contribution >= 0.6 is 0 Å². The molecule has 3 atom stereocenters. The molecule has 3 nitrogen and oxygen atoms in total. The minimum atomic E-state index is 0.264. The number of hydrogen-bond acceptors (Lipinski definition) is 2. The molecular formula is C17H25NO2. The van der Waals surface area contributed by atoms with E-state index in [0.717, 1.165) is 12.8 Å². The standard InChI is InChI=1S/C17H25NO2/c1-13-12-16(15-8-5-4-6-9-15)14(2)18(13)17(19)10-7-11-20-3/h4-6,8-9,13-14,16H,7,10-12H2,1-3H3/t13-,14-,16+/m1/s1. The molecule has 0 unspecified atom stereocenters. The Balaban J connectivity index is 2.03. The summed E-state index contributed by atoms with van der Waals surface area (Å²) in [7, 11) is 1.68. The van der Waals surface area contributed by atoms with E-state index in [1.807, 2.05) is 6.07 Å². The van der Waals surface area contributed by atoms with E-state index in [9.17, 15) is 4.79 Å². The molecule has 0 aliphatic carbocycles. The number of nitrogens with zero attached hydrogens (tertiary/aromatic N) is 1. The van der Waals surface area contributed by atoms with E-state index in [1.54, 1.807) is 7.11 Å². The zero-order valence-electron chi connectivity index (χ0n) is 12.7. The second-order valence-electron chi connectivity index (χ2n) is 5.74. The zero-order chi connectivity index (χ0) is 14.5. The fourth-order valence-corrected chi connectivity index (χ4v) is 3.36. The lowest BCUT2D eigenvalue weighted by Crippen LogP contribution is -2.39. The Kier molecular flexibility index (Phi) is 5.18. The molecule has 1 aliphatic heterocycles. The van der Waals surface area contributed by atoms with Crippen molar-refractivity contribution in [2.45, 2.75) is 51.1 Å². The highest BCUT2D eigenvalue weighted by atomic mass is 16.5. The Bertz CT molecular complexity index is 432. The van der Waals surface area contributed by atoms with Crippen molar-refractivity contribution in [1.82, 2.24) is 4.90 Å². The molecular weight excluding hydrogens is 250 g/mol. The van der Waals surface area contributed by atoms with Crippen molar-refractivity contribution in [2.75, 3.05) is 13.7 Å². The molecule has 0 radical (unpaired) electrons. The lowest BCUT2D eigenvalue weighted by molar-refractivity contribution is -0.133. The summed E-state index contributed by atoms with van der Waals surface area (Å²) in [6.45, 7) is 4.99. The van der Waals surface area contributed by atoms with Crippen molar-refractivity contribution in [3.05, 3.63) is 35.9 Å². The summed E-state index contributed by atoms with van der Waals surface area (Å²) in [6.07, 6.45) is 2.45. The minimum absolute atomic E-state index is 0.264. The average Bonchev–Trinajstić information content (AvgIpc) is 2.75. The van der Waals surface area contributed by atoms with Crippen LogP contribution in [0.25, 0.3) is 0 Å². The second kappa shape index (κ2) is 6.89. The lowest BCUT2D eigenvalue weighted by Gasteiger charge is -2.28. The van der Waals surface area contributed by atoms with Gasteiger partial charge in [0.25, 0.3) is 0 Å². The van der Waals surface area contributed by atoms with Crippen LogP contribution in [0.2, 0.25) is 0 Å². The Morgan fingerprint density at radius 2 is 2.00 bits per heavy atom. The van der Waals surface area contributed by atoms with E-state index in [2.05, 4.69) is 43.0 Å². The van der Waals surface area contributed by atoms with Gasteiger partial charge in [-0.2, -0.15) is 0 Å². The number of hydrogen-bond donors (Lipinski definition) is 0. The maximum atomic E-state index is 12.4. The monoisotopic (exact) mass is 275 g/mol. The highest BCUT2D eigenvalue weighted by Gasteiger charge is 2.39. The van der Waals surface area contributed by atoms with Crippen molar-refractivity contribution >= 4 is 5.91 Å². The predicted octanol–water partition coefficient (Wildman–Crippen LogP) is 3.21. The molecule has 110 valence electrons. The smallest absolute Gasteiger partial charge is 0.223 e. The number of amides is 1. The summed E-state index contributed by atoms with van der Waals surface area (Å²) < 4.78 is 5.03. The minimum Gasteiger partial charge on any atom is -0.385 e. The Hall–Kier alpha value is -1.35. The summed E-state index contributed by atoms with van der Waals surface area (Å²) in [5.41, 5.74) is 1.35. The largest absolute Gasteiger partial charge is 0.385 e. The van der Waals surface area contributed by atoms with E-state index in [0.29, 0.717) is 25.0 Å². The van der Waals surface area contributed by atoms with Gasteiger partial charge in [-0.3, -0.25) is 4.79 Å². The van der Waals surface area contributed by atoms with Crippen molar-refractivity contribution in [3.8, 4) is 0 Å². The van der Waals surface area contributed by atoms with E-state index in [4.69, 9.17) is 4.74 Å². The van der Waals surface area contributed by atoms with Crippen LogP contribution in [0.5, 0.6) is 0 Å². The fraction of sp³-hybridized carbons (Fsp3) is 0.588. The quantitative estimate of drug-likeness (QED) is 0.772. The molecule has 1 aliphatic rings. The molecule has 0 N–H and O–H groups in total. The van der Waals surface area contributed by atoms with Crippen LogP contribution in [0, 0.1) is 0 Å². The van der Waals surface area contributed by atoms with Crippen LogP contribution in [-0.2, 0) is 9.53 Å². The van der Waals surface area contributed by atoms with E-state index >= 15 is 0 Å². The van der Waals surface area contributed by atoms with Gasteiger partial charge in [0.05, 0.1) is 0 Å². The average molecular weight is 275 g/mol. The molecule has 3 heteroatoms. The van der Waals surface area contributed by atoms with Gasteiger partial charge in [-0.05, 0) is 32.3 Å². The molecule has 1 aromatic rings. The molecule has 0 aromatic heterocycles. The van der Waals surface area contributed by atoms with Gasteiger partial charge in [0.15, 0.2) is 0 Å². The number of benzene rings is 1. The lowest BCUT2D eigenvalue weighted by atomic mass is 9.92. The molecule has 0 spiro atoms. The fourth-order valence-electron chi connectivity index (χ4n) is 3.36. The third kappa shape index (κ3) is 3.21. The van der Waals surface area contributed by atoms with Gasteiger partial charge in [0.2, 0.25) is 5.91 Å². The van der Waals surface area contributed by atoms with Crippen LogP contribution in [0.3, 0.4) is 0 Å². The molecule has 2 rings (SSSR count). The number of methoxy groups -OCH3 is 1. The van der Waals surface area contributed by atoms with E-state index in [-0.39, 0.29) is 11.9 Å². The molecule has 0 bridgehead atoms. The van der Waals surface area contributed by atoms with Crippen LogP contribution in [0.15, 0.2) is 30.3 Å². The molecule has 1 fully saturated rings.